The minimum absolute atomic E-state index is 0.182. The van der Waals surface area contributed by atoms with Crippen LogP contribution in [0, 0.1) is 12.8 Å². The number of thiophene rings is 1. The molecule has 0 aliphatic carbocycles. The highest BCUT2D eigenvalue weighted by Crippen LogP contribution is 2.31. The van der Waals surface area contributed by atoms with E-state index in [9.17, 15) is 4.79 Å². The molecule has 2 unspecified atom stereocenters. The first-order chi connectivity index (χ1) is 7.16. The van der Waals surface area contributed by atoms with Gasteiger partial charge in [-0.25, -0.2) is 0 Å². The number of hydrogen-bond donors (Lipinski definition) is 2. The molecule has 0 bridgehead atoms. The summed E-state index contributed by atoms with van der Waals surface area (Å²) in [7, 11) is 0. The van der Waals surface area contributed by atoms with Crippen molar-refractivity contribution in [2.45, 2.75) is 25.8 Å². The van der Waals surface area contributed by atoms with Crippen LogP contribution >= 0.6 is 11.3 Å². The zero-order chi connectivity index (χ0) is 10.8. The van der Waals surface area contributed by atoms with Crippen molar-refractivity contribution in [3.63, 3.8) is 0 Å². The van der Waals surface area contributed by atoms with Gasteiger partial charge in [0.2, 0.25) is 0 Å². The minimum Gasteiger partial charge on any atom is -0.481 e. The predicted molar refractivity (Wildman–Crippen MR) is 60.2 cm³/mol. The van der Waals surface area contributed by atoms with Crippen LogP contribution in [0.2, 0.25) is 0 Å². The van der Waals surface area contributed by atoms with E-state index in [2.05, 4.69) is 23.7 Å². The molecule has 82 valence electrons. The van der Waals surface area contributed by atoms with E-state index in [1.807, 2.05) is 0 Å². The molecule has 15 heavy (non-hydrogen) atoms. The lowest BCUT2D eigenvalue weighted by Crippen LogP contribution is -2.34. The number of aliphatic carboxylic acids is 1. The highest BCUT2D eigenvalue weighted by atomic mass is 32.1. The van der Waals surface area contributed by atoms with Gasteiger partial charge in [0.1, 0.15) is 0 Å². The Balaban J connectivity index is 2.07. The Morgan fingerprint density at radius 1 is 1.67 bits per heavy atom. The number of rotatable bonds is 2. The molecule has 1 fully saturated rings. The van der Waals surface area contributed by atoms with Crippen LogP contribution in [0.5, 0.6) is 0 Å². The summed E-state index contributed by atoms with van der Waals surface area (Å²) in [5.74, 6) is -0.839. The molecule has 1 aromatic heterocycles. The smallest absolute Gasteiger partial charge is 0.306 e. The highest BCUT2D eigenvalue weighted by Gasteiger charge is 2.27. The van der Waals surface area contributed by atoms with Gasteiger partial charge in [-0.05, 0) is 43.3 Å². The van der Waals surface area contributed by atoms with E-state index in [0.717, 1.165) is 19.4 Å². The fraction of sp³-hybridized carbons (Fsp3) is 0.545. The third-order valence-electron chi connectivity index (χ3n) is 2.85. The van der Waals surface area contributed by atoms with Gasteiger partial charge in [-0.15, -0.1) is 11.3 Å². The summed E-state index contributed by atoms with van der Waals surface area (Å²) < 4.78 is 0. The van der Waals surface area contributed by atoms with Crippen LogP contribution in [0.4, 0.5) is 0 Å². The van der Waals surface area contributed by atoms with Crippen LogP contribution < -0.4 is 5.32 Å². The summed E-state index contributed by atoms with van der Waals surface area (Å²) in [5.41, 5.74) is 1.26. The molecule has 1 aliphatic rings. The van der Waals surface area contributed by atoms with Crippen LogP contribution in [0.15, 0.2) is 11.4 Å². The number of nitrogens with one attached hydrogen (secondary N) is 1. The van der Waals surface area contributed by atoms with E-state index in [0.29, 0.717) is 0 Å². The van der Waals surface area contributed by atoms with E-state index in [4.69, 9.17) is 5.11 Å². The van der Waals surface area contributed by atoms with Crippen LogP contribution in [0.3, 0.4) is 0 Å². The largest absolute Gasteiger partial charge is 0.481 e. The van der Waals surface area contributed by atoms with E-state index >= 15 is 0 Å². The van der Waals surface area contributed by atoms with E-state index < -0.39 is 5.97 Å². The summed E-state index contributed by atoms with van der Waals surface area (Å²) in [6, 6.07) is 2.38. The van der Waals surface area contributed by atoms with Gasteiger partial charge in [-0.1, -0.05) is 0 Å². The fourth-order valence-corrected chi connectivity index (χ4v) is 2.98. The number of carboxylic acids is 1. The molecule has 4 heteroatoms. The van der Waals surface area contributed by atoms with Gasteiger partial charge < -0.3 is 10.4 Å². The molecule has 2 heterocycles. The lowest BCUT2D eigenvalue weighted by molar-refractivity contribution is -0.142. The summed E-state index contributed by atoms with van der Waals surface area (Å²) in [6.45, 7) is 2.87. The Bertz CT molecular complexity index is 361. The lowest BCUT2D eigenvalue weighted by Gasteiger charge is -2.27. The second-order valence-corrected chi connectivity index (χ2v) is 5.04. The van der Waals surface area contributed by atoms with Crippen molar-refractivity contribution in [1.29, 1.82) is 0 Å². The topological polar surface area (TPSA) is 49.3 Å². The summed E-state index contributed by atoms with van der Waals surface area (Å²) in [4.78, 5) is 12.2. The van der Waals surface area contributed by atoms with Crippen LogP contribution in [0.25, 0.3) is 0 Å². The van der Waals surface area contributed by atoms with Gasteiger partial charge in [-0.3, -0.25) is 4.79 Å². The first-order valence-electron chi connectivity index (χ1n) is 5.18. The number of carboxylic acid groups (broad SMARTS) is 1. The predicted octanol–water partition coefficient (Wildman–Crippen LogP) is 2.18. The molecule has 2 N–H and O–H groups in total. The van der Waals surface area contributed by atoms with Gasteiger partial charge in [-0.2, -0.15) is 0 Å². The maximum atomic E-state index is 10.9. The molecule has 0 radical (unpaired) electrons. The average molecular weight is 225 g/mol. The Labute approximate surface area is 93.1 Å². The molecule has 0 aromatic carbocycles. The van der Waals surface area contributed by atoms with Gasteiger partial charge in [0.05, 0.1) is 5.92 Å². The lowest BCUT2D eigenvalue weighted by atomic mass is 9.92. The van der Waals surface area contributed by atoms with Crippen LogP contribution in [0.1, 0.15) is 29.3 Å². The fourth-order valence-electron chi connectivity index (χ4n) is 1.99. The monoisotopic (exact) mass is 225 g/mol. The van der Waals surface area contributed by atoms with Crippen molar-refractivity contribution >= 4 is 17.3 Å². The van der Waals surface area contributed by atoms with Gasteiger partial charge in [0.25, 0.3) is 0 Å². The number of hydrogen-bond acceptors (Lipinski definition) is 3. The molecule has 0 spiro atoms. The summed E-state index contributed by atoms with van der Waals surface area (Å²) >= 11 is 1.71. The van der Waals surface area contributed by atoms with Crippen LogP contribution in [-0.2, 0) is 4.79 Å². The Morgan fingerprint density at radius 2 is 2.47 bits per heavy atom. The van der Waals surface area contributed by atoms with E-state index in [1.54, 1.807) is 11.3 Å². The third kappa shape index (κ3) is 2.38. The Morgan fingerprint density at radius 3 is 3.07 bits per heavy atom. The molecular weight excluding hydrogens is 210 g/mol. The van der Waals surface area contributed by atoms with Crippen LogP contribution in [-0.4, -0.2) is 17.6 Å². The molecule has 1 aliphatic heterocycles. The van der Waals surface area contributed by atoms with Crippen molar-refractivity contribution < 1.29 is 9.90 Å². The Hall–Kier alpha value is -0.870. The zero-order valence-electron chi connectivity index (χ0n) is 8.69. The van der Waals surface area contributed by atoms with E-state index in [1.165, 1.54) is 10.4 Å². The van der Waals surface area contributed by atoms with Crippen molar-refractivity contribution in [3.05, 3.63) is 21.9 Å². The van der Waals surface area contributed by atoms with Crippen molar-refractivity contribution in [2.75, 3.05) is 6.54 Å². The third-order valence-corrected chi connectivity index (χ3v) is 4.01. The normalized spacial score (nSPS) is 26.5. The number of aryl methyl sites for hydroxylation is 1. The minimum atomic E-state index is -0.658. The molecule has 0 saturated carbocycles. The van der Waals surface area contributed by atoms with Crippen molar-refractivity contribution in [3.8, 4) is 0 Å². The standard InChI is InChI=1S/C11H15NO2S/c1-7-4-10(15-6-7)9-5-8(11(13)14)2-3-12-9/h4,6,8-9,12H,2-3,5H2,1H3,(H,13,14). The van der Waals surface area contributed by atoms with Gasteiger partial charge in [0, 0.05) is 10.9 Å². The number of piperidine rings is 1. The maximum Gasteiger partial charge on any atom is 0.306 e. The molecule has 1 saturated heterocycles. The molecular formula is C11H15NO2S. The zero-order valence-corrected chi connectivity index (χ0v) is 9.51. The highest BCUT2D eigenvalue weighted by molar-refractivity contribution is 7.10. The molecule has 1 aromatic rings. The SMILES string of the molecule is Cc1csc(C2CC(C(=O)O)CCN2)c1. The quantitative estimate of drug-likeness (QED) is 0.811. The molecule has 0 amide bonds. The second kappa shape index (κ2) is 4.33. The molecule has 2 atom stereocenters. The van der Waals surface area contributed by atoms with E-state index in [-0.39, 0.29) is 12.0 Å². The Kier molecular flexibility index (Phi) is 3.07. The maximum absolute atomic E-state index is 10.9. The van der Waals surface area contributed by atoms with Crippen molar-refractivity contribution in [2.24, 2.45) is 5.92 Å². The van der Waals surface area contributed by atoms with Crippen molar-refractivity contribution in [1.82, 2.24) is 5.32 Å². The summed E-state index contributed by atoms with van der Waals surface area (Å²) in [5, 5.41) is 14.5. The second-order valence-electron chi connectivity index (χ2n) is 4.09. The molecule has 2 rings (SSSR count). The number of carbonyl (C=O) groups is 1. The molecule has 3 nitrogen and oxygen atoms in total. The first-order valence-corrected chi connectivity index (χ1v) is 6.06. The van der Waals surface area contributed by atoms with Gasteiger partial charge in [0.15, 0.2) is 0 Å². The summed E-state index contributed by atoms with van der Waals surface area (Å²) in [6.07, 6.45) is 1.46. The van der Waals surface area contributed by atoms with Gasteiger partial charge >= 0.3 is 5.97 Å². The average Bonchev–Trinajstić information content (AvgIpc) is 2.65. The first kappa shape index (κ1) is 10.6.